The van der Waals surface area contributed by atoms with Gasteiger partial charge in [-0.15, -0.1) is 0 Å². The van der Waals surface area contributed by atoms with Crippen molar-refractivity contribution < 1.29 is 19.1 Å². The highest BCUT2D eigenvalue weighted by atomic mass is 16.5. The van der Waals surface area contributed by atoms with Crippen LogP contribution in [0.15, 0.2) is 23.0 Å². The standard InChI is InChI=1S/C32H49NO4/c1-19(18-33-21(3)34)8-11-28-20(2)29-31(6)15-13-26-25(27(31)17-32(29,7)37-28)10-9-23-16-24(36-22(4)35)12-14-30(23,26)5/h9,19,24-27,29H,8,10-18H2,1-7H3,(H,33,34)/t19-,24+,25-,26+,27+,29-,30+,31+,32-/m1/s1. The van der Waals surface area contributed by atoms with Crippen LogP contribution in [0.3, 0.4) is 0 Å². The summed E-state index contributed by atoms with van der Waals surface area (Å²) in [6.45, 7) is 15.9. The number of hydrogen-bond acceptors (Lipinski definition) is 4. The van der Waals surface area contributed by atoms with Gasteiger partial charge in [0.25, 0.3) is 0 Å². The van der Waals surface area contributed by atoms with E-state index in [4.69, 9.17) is 9.47 Å². The average Bonchev–Trinajstić information content (AvgIpc) is 3.22. The Morgan fingerprint density at radius 3 is 2.62 bits per heavy atom. The minimum absolute atomic E-state index is 0.0481. The SMILES string of the molecule is CC(=O)NC[C@H](C)CCC1=C(C)[C@@H]2[C@@]3(C)CC[C@H]4[C@@H](CC=C5C[C@@H](OC(C)=O)CC[C@@]54C)[C@@H]3C[C@@]2(C)O1. The number of fused-ring (bicyclic) bond motifs is 7. The van der Waals surface area contributed by atoms with E-state index >= 15 is 0 Å². The van der Waals surface area contributed by atoms with Gasteiger partial charge < -0.3 is 14.8 Å². The van der Waals surface area contributed by atoms with Gasteiger partial charge in [0.2, 0.25) is 5.91 Å². The van der Waals surface area contributed by atoms with Crippen LogP contribution in [-0.4, -0.2) is 30.1 Å². The van der Waals surface area contributed by atoms with Crippen molar-refractivity contribution in [1.29, 1.82) is 0 Å². The Morgan fingerprint density at radius 1 is 1.16 bits per heavy atom. The number of carbonyl (C=O) groups is 2. The van der Waals surface area contributed by atoms with Gasteiger partial charge >= 0.3 is 5.97 Å². The fourth-order valence-electron chi connectivity index (χ4n) is 9.93. The molecule has 0 unspecified atom stereocenters. The number of allylic oxidation sites excluding steroid dienone is 2. The lowest BCUT2D eigenvalue weighted by molar-refractivity contribution is -0.148. The minimum Gasteiger partial charge on any atom is -0.491 e. The fourth-order valence-corrected chi connectivity index (χ4v) is 9.93. The van der Waals surface area contributed by atoms with Crippen LogP contribution in [-0.2, 0) is 19.1 Å². The quantitative estimate of drug-likeness (QED) is 0.317. The van der Waals surface area contributed by atoms with Gasteiger partial charge in [-0.05, 0) is 98.9 Å². The molecule has 5 nitrogen and oxygen atoms in total. The second kappa shape index (κ2) is 9.45. The molecule has 0 spiro atoms. The molecule has 0 aromatic carbocycles. The maximum Gasteiger partial charge on any atom is 0.302 e. The number of ether oxygens (including phenoxy) is 2. The van der Waals surface area contributed by atoms with E-state index < -0.39 is 0 Å². The molecule has 1 aliphatic heterocycles. The summed E-state index contributed by atoms with van der Waals surface area (Å²) in [7, 11) is 0. The third-order valence-electron chi connectivity index (χ3n) is 11.5. The number of hydrogen-bond donors (Lipinski definition) is 1. The van der Waals surface area contributed by atoms with Gasteiger partial charge in [-0.3, -0.25) is 9.59 Å². The van der Waals surface area contributed by atoms with Crippen molar-refractivity contribution in [3.05, 3.63) is 23.0 Å². The summed E-state index contributed by atoms with van der Waals surface area (Å²) < 4.78 is 12.5. The number of nitrogens with one attached hydrogen (secondary N) is 1. The summed E-state index contributed by atoms with van der Waals surface area (Å²) in [5.74, 6) is 4.22. The van der Waals surface area contributed by atoms with Gasteiger partial charge in [-0.2, -0.15) is 0 Å². The monoisotopic (exact) mass is 511 g/mol. The van der Waals surface area contributed by atoms with Crippen LogP contribution in [0.1, 0.15) is 106 Å². The van der Waals surface area contributed by atoms with Crippen LogP contribution in [0, 0.1) is 40.4 Å². The Labute approximate surface area is 224 Å². The first-order valence-electron chi connectivity index (χ1n) is 14.9. The Balaban J connectivity index is 1.32. The molecule has 3 fully saturated rings. The number of carbonyl (C=O) groups excluding carboxylic acids is 2. The van der Waals surface area contributed by atoms with Crippen molar-refractivity contribution in [1.82, 2.24) is 5.32 Å². The summed E-state index contributed by atoms with van der Waals surface area (Å²) in [6.07, 6.45) is 12.6. The maximum absolute atomic E-state index is 11.6. The van der Waals surface area contributed by atoms with Gasteiger partial charge in [0.1, 0.15) is 11.7 Å². The Bertz CT molecular complexity index is 1010. The van der Waals surface area contributed by atoms with Crippen molar-refractivity contribution in [2.75, 3.05) is 6.54 Å². The van der Waals surface area contributed by atoms with E-state index in [1.165, 1.54) is 37.5 Å². The lowest BCUT2D eigenvalue weighted by atomic mass is 9.47. The molecule has 1 N–H and O–H groups in total. The van der Waals surface area contributed by atoms with E-state index in [0.717, 1.165) is 56.9 Å². The van der Waals surface area contributed by atoms with E-state index in [-0.39, 0.29) is 29.0 Å². The average molecular weight is 512 g/mol. The van der Waals surface area contributed by atoms with Crippen LogP contribution in [0.2, 0.25) is 0 Å². The van der Waals surface area contributed by atoms with Gasteiger partial charge in [0, 0.05) is 39.2 Å². The Hall–Kier alpha value is -1.78. The maximum atomic E-state index is 11.6. The first-order chi connectivity index (χ1) is 17.4. The summed E-state index contributed by atoms with van der Waals surface area (Å²) >= 11 is 0. The largest absolute Gasteiger partial charge is 0.491 e. The van der Waals surface area contributed by atoms with Gasteiger partial charge in [-0.1, -0.05) is 32.4 Å². The first kappa shape index (κ1) is 26.8. The molecular formula is C32H49NO4. The second-order valence-electron chi connectivity index (χ2n) is 14.0. The summed E-state index contributed by atoms with van der Waals surface area (Å²) in [5, 5.41) is 2.96. The molecule has 0 aromatic rings. The minimum atomic E-state index is -0.146. The topological polar surface area (TPSA) is 64.6 Å². The summed E-state index contributed by atoms with van der Waals surface area (Å²) in [6, 6.07) is 0. The number of rotatable bonds is 6. The van der Waals surface area contributed by atoms with Gasteiger partial charge in [0.05, 0.1) is 5.76 Å². The van der Waals surface area contributed by atoms with Crippen molar-refractivity contribution >= 4 is 11.9 Å². The molecule has 0 radical (unpaired) electrons. The van der Waals surface area contributed by atoms with Crippen LogP contribution < -0.4 is 5.32 Å². The van der Waals surface area contributed by atoms with E-state index in [1.54, 1.807) is 12.5 Å². The zero-order valence-electron chi connectivity index (χ0n) is 24.2. The Morgan fingerprint density at radius 2 is 1.92 bits per heavy atom. The fraction of sp³-hybridized carbons (Fsp3) is 0.812. The molecule has 206 valence electrons. The summed E-state index contributed by atoms with van der Waals surface area (Å²) in [5.41, 5.74) is 3.51. The molecule has 0 saturated heterocycles. The summed E-state index contributed by atoms with van der Waals surface area (Å²) in [4.78, 5) is 22.9. The third-order valence-corrected chi connectivity index (χ3v) is 11.5. The lowest BCUT2D eigenvalue weighted by Gasteiger charge is -2.58. The van der Waals surface area contributed by atoms with Crippen LogP contribution in [0.25, 0.3) is 0 Å². The van der Waals surface area contributed by atoms with Crippen LogP contribution in [0.5, 0.6) is 0 Å². The Kier molecular flexibility index (Phi) is 6.85. The molecule has 5 aliphatic rings. The molecule has 3 saturated carbocycles. The van der Waals surface area contributed by atoms with E-state index in [9.17, 15) is 9.59 Å². The van der Waals surface area contributed by atoms with Crippen molar-refractivity contribution in [3.63, 3.8) is 0 Å². The molecular weight excluding hydrogens is 462 g/mol. The normalized spacial score (nSPS) is 43.0. The molecule has 37 heavy (non-hydrogen) atoms. The second-order valence-corrected chi connectivity index (χ2v) is 14.0. The van der Waals surface area contributed by atoms with Crippen molar-refractivity contribution in [3.8, 4) is 0 Å². The molecule has 4 aliphatic carbocycles. The molecule has 0 aromatic heterocycles. The highest BCUT2D eigenvalue weighted by Crippen LogP contribution is 2.71. The smallest absolute Gasteiger partial charge is 0.302 e. The molecule has 1 amide bonds. The molecule has 0 bridgehead atoms. The molecule has 5 heteroatoms. The zero-order chi connectivity index (χ0) is 26.8. The number of esters is 1. The molecule has 9 atom stereocenters. The van der Waals surface area contributed by atoms with Crippen molar-refractivity contribution in [2.24, 2.45) is 40.4 Å². The van der Waals surface area contributed by atoms with Crippen molar-refractivity contribution in [2.45, 2.75) is 118 Å². The van der Waals surface area contributed by atoms with E-state index in [2.05, 4.69) is 46.0 Å². The molecule has 1 heterocycles. The highest BCUT2D eigenvalue weighted by Gasteiger charge is 2.67. The van der Waals surface area contributed by atoms with Gasteiger partial charge in [-0.25, -0.2) is 0 Å². The van der Waals surface area contributed by atoms with Gasteiger partial charge in [0.15, 0.2) is 0 Å². The predicted molar refractivity (Wildman–Crippen MR) is 145 cm³/mol. The van der Waals surface area contributed by atoms with Crippen LogP contribution >= 0.6 is 0 Å². The van der Waals surface area contributed by atoms with E-state index in [1.807, 2.05) is 0 Å². The predicted octanol–water partition coefficient (Wildman–Crippen LogP) is 6.72. The van der Waals surface area contributed by atoms with E-state index in [0.29, 0.717) is 23.2 Å². The molecule has 5 rings (SSSR count). The third kappa shape index (κ3) is 4.46. The number of amides is 1. The zero-order valence-corrected chi connectivity index (χ0v) is 24.2. The van der Waals surface area contributed by atoms with Crippen LogP contribution in [0.4, 0.5) is 0 Å². The first-order valence-corrected chi connectivity index (χ1v) is 14.9. The highest BCUT2D eigenvalue weighted by molar-refractivity contribution is 5.72. The lowest BCUT2D eigenvalue weighted by Crippen LogP contribution is -2.50.